The van der Waals surface area contributed by atoms with Gasteiger partial charge >= 0.3 is 6.09 Å². The molecule has 2 rings (SSSR count). The number of hydrogen-bond donors (Lipinski definition) is 3. The molecular formula is C14H17N5O5. The molecule has 10 heteroatoms. The molecule has 3 N–H and O–H groups in total. The van der Waals surface area contributed by atoms with Crippen molar-refractivity contribution in [2.45, 2.75) is 25.5 Å². The first-order valence-electron chi connectivity index (χ1n) is 7.25. The van der Waals surface area contributed by atoms with Crippen LogP contribution < -0.4 is 10.7 Å². The molecule has 0 aliphatic carbocycles. The summed E-state index contributed by atoms with van der Waals surface area (Å²) in [6.07, 6.45) is 0.117. The van der Waals surface area contributed by atoms with E-state index in [-0.39, 0.29) is 13.2 Å². The normalized spacial score (nSPS) is 17.1. The first-order valence-corrected chi connectivity index (χ1v) is 7.25. The number of carbonyl (C=O) groups is 2. The molecule has 10 nitrogen and oxygen atoms in total. The van der Waals surface area contributed by atoms with E-state index in [4.69, 9.17) is 10.1 Å². The number of nitrogens with one attached hydrogen (secondary N) is 3. The van der Waals surface area contributed by atoms with Crippen LogP contribution in [0.5, 0.6) is 0 Å². The molecule has 1 aromatic rings. The Morgan fingerprint density at radius 2 is 2.12 bits per heavy atom. The minimum absolute atomic E-state index is 0.0655. The van der Waals surface area contributed by atoms with Crippen LogP contribution in [0.25, 0.3) is 0 Å². The quantitative estimate of drug-likeness (QED) is 0.319. The maximum absolute atomic E-state index is 12.2. The van der Waals surface area contributed by atoms with E-state index >= 15 is 0 Å². The zero-order valence-electron chi connectivity index (χ0n) is 12.7. The molecular weight excluding hydrogens is 318 g/mol. The van der Waals surface area contributed by atoms with Crippen LogP contribution in [-0.2, 0) is 16.1 Å². The zero-order chi connectivity index (χ0) is 17.5. The number of amides is 2. The number of rotatable bonds is 4. The summed E-state index contributed by atoms with van der Waals surface area (Å²) in [5.74, 6) is -1.22. The number of alkyl carbamates (subject to hydrolysis) is 1. The first-order chi connectivity index (χ1) is 11.5. The highest BCUT2D eigenvalue weighted by Gasteiger charge is 2.33. The lowest BCUT2D eigenvalue weighted by Crippen LogP contribution is -2.57. The van der Waals surface area contributed by atoms with Crippen molar-refractivity contribution in [2.75, 3.05) is 6.54 Å². The molecule has 1 fully saturated rings. The summed E-state index contributed by atoms with van der Waals surface area (Å²) in [6.45, 7) is 0.242. The van der Waals surface area contributed by atoms with Crippen molar-refractivity contribution in [1.82, 2.24) is 15.6 Å². The Morgan fingerprint density at radius 1 is 1.42 bits per heavy atom. The van der Waals surface area contributed by atoms with E-state index in [9.17, 15) is 19.7 Å². The third-order valence-electron chi connectivity index (χ3n) is 3.41. The molecule has 0 bridgehead atoms. The molecule has 0 spiro atoms. The Labute approximate surface area is 137 Å². The van der Waals surface area contributed by atoms with Crippen LogP contribution in [0.3, 0.4) is 0 Å². The minimum atomic E-state index is -0.916. The molecule has 1 atom stereocenters. The number of hydrazine groups is 1. The van der Waals surface area contributed by atoms with Crippen molar-refractivity contribution >= 4 is 18.0 Å². The second-order valence-electron chi connectivity index (χ2n) is 5.11. The van der Waals surface area contributed by atoms with Crippen molar-refractivity contribution in [3.63, 3.8) is 0 Å². The molecule has 1 heterocycles. The summed E-state index contributed by atoms with van der Waals surface area (Å²) >= 11 is 0. The number of piperidine rings is 1. The van der Waals surface area contributed by atoms with Crippen LogP contribution >= 0.6 is 0 Å². The Bertz CT molecular complexity index is 636. The number of guanidine groups is 1. The summed E-state index contributed by atoms with van der Waals surface area (Å²) < 4.78 is 5.04. The molecule has 24 heavy (non-hydrogen) atoms. The third kappa shape index (κ3) is 4.66. The van der Waals surface area contributed by atoms with Crippen LogP contribution in [0.2, 0.25) is 0 Å². The number of hydrogen-bond acceptors (Lipinski definition) is 6. The summed E-state index contributed by atoms with van der Waals surface area (Å²) in [6, 6.07) is 8.18. The van der Waals surface area contributed by atoms with Crippen LogP contribution in [0.1, 0.15) is 18.4 Å². The van der Waals surface area contributed by atoms with Crippen molar-refractivity contribution in [2.24, 2.45) is 0 Å². The highest BCUT2D eigenvalue weighted by molar-refractivity contribution is 5.99. The van der Waals surface area contributed by atoms with Gasteiger partial charge in [0.05, 0.1) is 0 Å². The Morgan fingerprint density at radius 3 is 2.79 bits per heavy atom. The largest absolute Gasteiger partial charge is 0.445 e. The average molecular weight is 335 g/mol. The lowest BCUT2D eigenvalue weighted by molar-refractivity contribution is -0.526. The fraction of sp³-hybridized carbons (Fsp3) is 0.357. The van der Waals surface area contributed by atoms with E-state index in [2.05, 4.69) is 5.32 Å². The van der Waals surface area contributed by atoms with Crippen molar-refractivity contribution in [3.05, 3.63) is 46.0 Å². The van der Waals surface area contributed by atoms with Gasteiger partial charge < -0.3 is 10.1 Å². The van der Waals surface area contributed by atoms with Crippen LogP contribution in [0, 0.1) is 15.5 Å². The average Bonchev–Trinajstić information content (AvgIpc) is 2.55. The van der Waals surface area contributed by atoms with Gasteiger partial charge in [0.25, 0.3) is 11.9 Å². The van der Waals surface area contributed by atoms with Gasteiger partial charge in [0.1, 0.15) is 12.6 Å². The maximum atomic E-state index is 12.2. The summed E-state index contributed by atoms with van der Waals surface area (Å²) in [5, 5.41) is 19.4. The standard InChI is InChI=1S/C14H17N5O5/c15-13(17-19(22)23)18-8-4-7-11(12(18)20)16-14(21)24-9-10-5-2-1-3-6-10/h1-3,5-6,11H,4,7-9H2,(H2,15,17)(H,16,21). The van der Waals surface area contributed by atoms with Gasteiger partial charge in [0.15, 0.2) is 5.03 Å². The summed E-state index contributed by atoms with van der Waals surface area (Å²) in [5.41, 5.74) is 2.44. The van der Waals surface area contributed by atoms with Crippen molar-refractivity contribution in [1.29, 1.82) is 5.41 Å². The highest BCUT2D eigenvalue weighted by Crippen LogP contribution is 2.12. The van der Waals surface area contributed by atoms with Gasteiger partial charge in [-0.3, -0.25) is 15.1 Å². The maximum Gasteiger partial charge on any atom is 0.408 e. The fourth-order valence-corrected chi connectivity index (χ4v) is 2.29. The predicted octanol–water partition coefficient (Wildman–Crippen LogP) is 0.620. The summed E-state index contributed by atoms with van der Waals surface area (Å²) in [7, 11) is 0. The van der Waals surface area contributed by atoms with E-state index in [1.807, 2.05) is 18.2 Å². The van der Waals surface area contributed by atoms with Crippen molar-refractivity contribution < 1.29 is 19.4 Å². The molecule has 1 aromatic carbocycles. The number of likely N-dealkylation sites (tertiary alicyclic amines) is 1. The van der Waals surface area contributed by atoms with Crippen LogP contribution in [-0.4, -0.2) is 40.5 Å². The first kappa shape index (κ1) is 17.2. The number of nitrogens with zero attached hydrogens (tertiary/aromatic N) is 2. The van der Waals surface area contributed by atoms with E-state index in [1.54, 1.807) is 17.6 Å². The monoisotopic (exact) mass is 335 g/mol. The molecule has 0 radical (unpaired) electrons. The smallest absolute Gasteiger partial charge is 0.408 e. The second-order valence-corrected chi connectivity index (χ2v) is 5.11. The van der Waals surface area contributed by atoms with E-state index in [1.165, 1.54) is 0 Å². The van der Waals surface area contributed by atoms with Gasteiger partial charge in [-0.1, -0.05) is 35.8 Å². The molecule has 1 unspecified atom stereocenters. The van der Waals surface area contributed by atoms with Gasteiger partial charge in [-0.25, -0.2) is 14.9 Å². The van der Waals surface area contributed by atoms with Crippen LogP contribution in [0.4, 0.5) is 4.79 Å². The van der Waals surface area contributed by atoms with Gasteiger partial charge in [-0.05, 0) is 18.4 Å². The lowest BCUT2D eigenvalue weighted by atomic mass is 10.1. The molecule has 1 aliphatic rings. The van der Waals surface area contributed by atoms with E-state index < -0.39 is 29.0 Å². The molecule has 2 amide bonds. The minimum Gasteiger partial charge on any atom is -0.445 e. The number of carbonyl (C=O) groups excluding carboxylic acids is 2. The predicted molar refractivity (Wildman–Crippen MR) is 82.4 cm³/mol. The Hall–Kier alpha value is -3.17. The van der Waals surface area contributed by atoms with Gasteiger partial charge in [-0.2, -0.15) is 0 Å². The molecule has 0 saturated carbocycles. The second kappa shape index (κ2) is 7.90. The van der Waals surface area contributed by atoms with E-state index in [0.717, 1.165) is 10.5 Å². The fourth-order valence-electron chi connectivity index (χ4n) is 2.29. The van der Waals surface area contributed by atoms with Gasteiger partial charge in [0.2, 0.25) is 0 Å². The Balaban J connectivity index is 1.86. The van der Waals surface area contributed by atoms with Gasteiger partial charge in [0, 0.05) is 6.54 Å². The number of benzene rings is 1. The van der Waals surface area contributed by atoms with E-state index in [0.29, 0.717) is 12.8 Å². The molecule has 1 saturated heterocycles. The topological polar surface area (TPSA) is 138 Å². The number of nitro groups is 1. The zero-order valence-corrected chi connectivity index (χ0v) is 12.7. The van der Waals surface area contributed by atoms with Crippen LogP contribution in [0.15, 0.2) is 30.3 Å². The Kier molecular flexibility index (Phi) is 5.66. The SMILES string of the molecule is N=C(N[N+](=O)[O-])N1CCCC(NC(=O)OCc2ccccc2)C1=O. The third-order valence-corrected chi connectivity index (χ3v) is 3.41. The lowest BCUT2D eigenvalue weighted by Gasteiger charge is -2.30. The molecule has 1 aliphatic heterocycles. The molecule has 128 valence electrons. The molecule has 0 aromatic heterocycles. The highest BCUT2D eigenvalue weighted by atomic mass is 16.7. The number of ether oxygens (including phenoxy) is 1. The van der Waals surface area contributed by atoms with Gasteiger partial charge in [-0.15, -0.1) is 0 Å². The van der Waals surface area contributed by atoms with Crippen molar-refractivity contribution in [3.8, 4) is 0 Å². The summed E-state index contributed by atoms with van der Waals surface area (Å²) in [4.78, 5) is 35.3.